The molecule has 0 aliphatic rings. The molecule has 0 fully saturated rings. The van der Waals surface area contributed by atoms with Crippen LogP contribution in [0.15, 0.2) is 29.7 Å². The van der Waals surface area contributed by atoms with E-state index in [0.29, 0.717) is 26.2 Å². The van der Waals surface area contributed by atoms with Crippen LogP contribution in [0.1, 0.15) is 24.6 Å². The first-order valence-electron chi connectivity index (χ1n) is 6.19. The second-order valence-corrected chi connectivity index (χ2v) is 5.32. The number of thiophene rings is 1. The van der Waals surface area contributed by atoms with E-state index in [4.69, 9.17) is 4.74 Å². The first-order chi connectivity index (χ1) is 8.68. The zero-order chi connectivity index (χ0) is 13.2. The van der Waals surface area contributed by atoms with Crippen molar-refractivity contribution >= 4 is 17.2 Å². The number of carbonyl (C=O) groups excluding carboxylic acids is 1. The predicted molar refractivity (Wildman–Crippen MR) is 75.9 cm³/mol. The third kappa shape index (κ3) is 7.25. The highest BCUT2D eigenvalue weighted by molar-refractivity contribution is 7.09. The summed E-state index contributed by atoms with van der Waals surface area (Å²) in [5, 5.41) is 4.91. The van der Waals surface area contributed by atoms with Gasteiger partial charge in [0.2, 0.25) is 5.91 Å². The van der Waals surface area contributed by atoms with Crippen LogP contribution in [0.3, 0.4) is 0 Å². The van der Waals surface area contributed by atoms with Crippen molar-refractivity contribution < 1.29 is 9.53 Å². The van der Waals surface area contributed by atoms with Crippen LogP contribution in [0.2, 0.25) is 0 Å². The predicted octanol–water partition coefficient (Wildman–Crippen LogP) is 2.78. The number of hydrogen-bond donors (Lipinski definition) is 1. The maximum Gasteiger partial charge on any atom is 0.220 e. The van der Waals surface area contributed by atoms with Gasteiger partial charge in [0.05, 0.1) is 13.2 Å². The van der Waals surface area contributed by atoms with E-state index in [1.807, 2.05) is 13.0 Å². The molecule has 18 heavy (non-hydrogen) atoms. The summed E-state index contributed by atoms with van der Waals surface area (Å²) in [5.41, 5.74) is 0.997. The smallest absolute Gasteiger partial charge is 0.220 e. The molecule has 1 aromatic heterocycles. The summed E-state index contributed by atoms with van der Waals surface area (Å²) in [5.74, 6) is 0.102. The minimum atomic E-state index is 0.102. The minimum absolute atomic E-state index is 0.102. The lowest BCUT2D eigenvalue weighted by atomic mass is 10.2. The number of nitrogens with one attached hydrogen (secondary N) is 1. The van der Waals surface area contributed by atoms with Gasteiger partial charge in [-0.2, -0.15) is 0 Å². The molecule has 0 radical (unpaired) electrons. The molecule has 0 saturated heterocycles. The van der Waals surface area contributed by atoms with E-state index in [1.165, 1.54) is 4.88 Å². The number of rotatable bonds is 9. The van der Waals surface area contributed by atoms with Gasteiger partial charge in [0, 0.05) is 17.8 Å². The molecule has 1 amide bonds. The van der Waals surface area contributed by atoms with Crippen molar-refractivity contribution in [2.75, 3.05) is 19.8 Å². The highest BCUT2D eigenvalue weighted by Crippen LogP contribution is 2.11. The van der Waals surface area contributed by atoms with Gasteiger partial charge < -0.3 is 10.1 Å². The van der Waals surface area contributed by atoms with E-state index < -0.39 is 0 Å². The van der Waals surface area contributed by atoms with Crippen LogP contribution in [0, 0.1) is 0 Å². The summed E-state index contributed by atoms with van der Waals surface area (Å²) in [4.78, 5) is 12.8. The molecule has 0 saturated carbocycles. The summed E-state index contributed by atoms with van der Waals surface area (Å²) in [6, 6.07) is 4.15. The van der Waals surface area contributed by atoms with Crippen molar-refractivity contribution in [3.05, 3.63) is 34.5 Å². The van der Waals surface area contributed by atoms with Crippen molar-refractivity contribution in [3.63, 3.8) is 0 Å². The van der Waals surface area contributed by atoms with E-state index >= 15 is 0 Å². The molecule has 1 rings (SSSR count). The van der Waals surface area contributed by atoms with Crippen LogP contribution in [0.4, 0.5) is 0 Å². The first kappa shape index (κ1) is 14.9. The Kier molecular flexibility index (Phi) is 7.37. The molecule has 0 unspecified atom stereocenters. The second-order valence-electron chi connectivity index (χ2n) is 4.29. The Balaban J connectivity index is 1.95. The van der Waals surface area contributed by atoms with Crippen LogP contribution in [0.25, 0.3) is 0 Å². The molecule has 1 N–H and O–H groups in total. The molecule has 0 aliphatic heterocycles. The van der Waals surface area contributed by atoms with E-state index in [9.17, 15) is 4.79 Å². The Morgan fingerprint density at radius 3 is 3.06 bits per heavy atom. The fraction of sp³-hybridized carbons (Fsp3) is 0.500. The highest BCUT2D eigenvalue weighted by Gasteiger charge is 2.01. The van der Waals surface area contributed by atoms with Crippen LogP contribution in [-0.2, 0) is 16.0 Å². The third-order valence-corrected chi connectivity index (χ3v) is 3.26. The van der Waals surface area contributed by atoms with Gasteiger partial charge in [-0.05, 0) is 31.2 Å². The Morgan fingerprint density at radius 1 is 1.56 bits per heavy atom. The van der Waals surface area contributed by atoms with Crippen LogP contribution < -0.4 is 5.32 Å². The Hall–Kier alpha value is -1.13. The Morgan fingerprint density at radius 2 is 2.39 bits per heavy atom. The maximum atomic E-state index is 11.5. The molecule has 3 nitrogen and oxygen atoms in total. The molecule has 0 aliphatic carbocycles. The van der Waals surface area contributed by atoms with E-state index in [-0.39, 0.29) is 5.91 Å². The maximum absolute atomic E-state index is 11.5. The highest BCUT2D eigenvalue weighted by atomic mass is 32.1. The van der Waals surface area contributed by atoms with Crippen molar-refractivity contribution in [2.24, 2.45) is 0 Å². The molecule has 1 heterocycles. The molecule has 4 heteroatoms. The van der Waals surface area contributed by atoms with E-state index in [0.717, 1.165) is 18.4 Å². The third-order valence-electron chi connectivity index (χ3n) is 2.32. The average Bonchev–Trinajstić information content (AvgIpc) is 2.81. The molecule has 0 bridgehead atoms. The SMILES string of the molecule is C=C(C)COCCNC(=O)CCCc1cccs1. The fourth-order valence-corrected chi connectivity index (χ4v) is 2.23. The van der Waals surface area contributed by atoms with Gasteiger partial charge in [0.1, 0.15) is 0 Å². The molecular formula is C14H21NO2S. The summed E-state index contributed by atoms with van der Waals surface area (Å²) in [6.07, 6.45) is 2.47. The topological polar surface area (TPSA) is 38.3 Å². The Labute approximate surface area is 113 Å². The van der Waals surface area contributed by atoms with Gasteiger partial charge in [0.25, 0.3) is 0 Å². The normalized spacial score (nSPS) is 10.3. The number of ether oxygens (including phenoxy) is 1. The molecular weight excluding hydrogens is 246 g/mol. The molecule has 1 aromatic rings. The zero-order valence-electron chi connectivity index (χ0n) is 10.9. The van der Waals surface area contributed by atoms with Crippen molar-refractivity contribution in [2.45, 2.75) is 26.2 Å². The first-order valence-corrected chi connectivity index (χ1v) is 7.07. The summed E-state index contributed by atoms with van der Waals surface area (Å²) >= 11 is 1.74. The summed E-state index contributed by atoms with van der Waals surface area (Å²) in [6.45, 7) is 7.34. The quantitative estimate of drug-likeness (QED) is 0.552. The fourth-order valence-electron chi connectivity index (χ4n) is 1.48. The van der Waals surface area contributed by atoms with Gasteiger partial charge in [-0.15, -0.1) is 11.3 Å². The van der Waals surface area contributed by atoms with Gasteiger partial charge in [0.15, 0.2) is 0 Å². The minimum Gasteiger partial charge on any atom is -0.375 e. The van der Waals surface area contributed by atoms with E-state index in [1.54, 1.807) is 11.3 Å². The number of amides is 1. The van der Waals surface area contributed by atoms with Crippen molar-refractivity contribution in [3.8, 4) is 0 Å². The van der Waals surface area contributed by atoms with Crippen molar-refractivity contribution in [1.29, 1.82) is 0 Å². The number of carbonyl (C=O) groups is 1. The van der Waals surface area contributed by atoms with E-state index in [2.05, 4.69) is 23.3 Å². The second kappa shape index (κ2) is 8.89. The molecule has 0 aromatic carbocycles. The Bertz CT molecular complexity index is 360. The van der Waals surface area contributed by atoms with Crippen molar-refractivity contribution in [1.82, 2.24) is 5.32 Å². The lowest BCUT2D eigenvalue weighted by Crippen LogP contribution is -2.27. The molecule has 100 valence electrons. The lowest BCUT2D eigenvalue weighted by Gasteiger charge is -2.06. The zero-order valence-corrected chi connectivity index (χ0v) is 11.7. The van der Waals surface area contributed by atoms with Gasteiger partial charge in [-0.25, -0.2) is 0 Å². The number of hydrogen-bond acceptors (Lipinski definition) is 3. The van der Waals surface area contributed by atoms with Gasteiger partial charge >= 0.3 is 0 Å². The summed E-state index contributed by atoms with van der Waals surface area (Å²) in [7, 11) is 0. The monoisotopic (exact) mass is 267 g/mol. The molecule has 0 spiro atoms. The average molecular weight is 267 g/mol. The van der Waals surface area contributed by atoms with Crippen LogP contribution in [0.5, 0.6) is 0 Å². The van der Waals surface area contributed by atoms with Crippen LogP contribution >= 0.6 is 11.3 Å². The lowest BCUT2D eigenvalue weighted by molar-refractivity contribution is -0.121. The largest absolute Gasteiger partial charge is 0.375 e. The molecule has 0 atom stereocenters. The van der Waals surface area contributed by atoms with Gasteiger partial charge in [-0.1, -0.05) is 18.2 Å². The van der Waals surface area contributed by atoms with Gasteiger partial charge in [-0.3, -0.25) is 4.79 Å². The summed E-state index contributed by atoms with van der Waals surface area (Å²) < 4.78 is 5.30. The number of aryl methyl sites for hydroxylation is 1. The standard InChI is InChI=1S/C14H21NO2S/c1-12(2)11-17-9-8-15-14(16)7-3-5-13-6-4-10-18-13/h4,6,10H,1,3,5,7-9,11H2,2H3,(H,15,16). The van der Waals surface area contributed by atoms with Crippen LogP contribution in [-0.4, -0.2) is 25.7 Å².